The van der Waals surface area contributed by atoms with Gasteiger partial charge in [0.05, 0.1) is 0 Å². The van der Waals surface area contributed by atoms with E-state index in [0.717, 1.165) is 10.4 Å². The fraction of sp³-hybridized carbons (Fsp3) is 0. The molecule has 0 nitrogen and oxygen atoms in total. The molecule has 0 saturated carbocycles. The summed E-state index contributed by atoms with van der Waals surface area (Å²) < 4.78 is 5.33. The van der Waals surface area contributed by atoms with Crippen molar-refractivity contribution in [2.45, 2.75) is 0 Å². The van der Waals surface area contributed by atoms with Crippen molar-refractivity contribution in [3.63, 3.8) is 0 Å². The van der Waals surface area contributed by atoms with E-state index in [1.54, 1.807) is 22.7 Å². The fourth-order valence-electron chi connectivity index (χ4n) is 4.41. The molecule has 7 aromatic rings. The SMILES string of the molecule is C=c1c(-c2cc3cc4sccc4cc3s2)ccc(-c2cc3cc4sccc4cc3s2)c1=C. The van der Waals surface area contributed by atoms with Gasteiger partial charge in [-0.1, -0.05) is 25.3 Å². The zero-order valence-electron chi connectivity index (χ0n) is 17.0. The number of fused-ring (bicyclic) bond motifs is 4. The first-order valence-corrected chi connectivity index (χ1v) is 13.7. The molecular formula is C28H16S4. The second kappa shape index (κ2) is 6.87. The lowest BCUT2D eigenvalue weighted by atomic mass is 10.0. The molecule has 0 radical (unpaired) electrons. The number of hydrogen-bond donors (Lipinski definition) is 0. The largest absolute Gasteiger partial charge is 0.144 e. The highest BCUT2D eigenvalue weighted by Crippen LogP contribution is 2.38. The molecule has 0 bridgehead atoms. The Morgan fingerprint density at radius 1 is 0.469 bits per heavy atom. The van der Waals surface area contributed by atoms with E-state index in [-0.39, 0.29) is 0 Å². The van der Waals surface area contributed by atoms with Crippen LogP contribution in [0.2, 0.25) is 0 Å². The molecule has 4 aromatic heterocycles. The first kappa shape index (κ1) is 18.8. The lowest BCUT2D eigenvalue weighted by molar-refractivity contribution is 1.55. The van der Waals surface area contributed by atoms with E-state index in [4.69, 9.17) is 0 Å². The van der Waals surface area contributed by atoms with Crippen LogP contribution in [0.3, 0.4) is 0 Å². The molecule has 0 fully saturated rings. The zero-order valence-corrected chi connectivity index (χ0v) is 20.2. The summed E-state index contributed by atoms with van der Waals surface area (Å²) in [4.78, 5) is 2.52. The molecule has 152 valence electrons. The minimum atomic E-state index is 1.02. The standard InChI is InChI=1S/C28H16S4/c1-15-16(2)22(28-14-20-12-24-18(6-8-30-24)10-26(20)32-28)4-3-21(15)27-13-19-11-23-17(5-7-29-23)9-25(19)31-27/h3-14H,1-2H2. The molecule has 0 N–H and O–H groups in total. The van der Waals surface area contributed by atoms with Gasteiger partial charge in [-0.25, -0.2) is 0 Å². The molecule has 0 aliphatic rings. The minimum absolute atomic E-state index is 1.02. The van der Waals surface area contributed by atoms with E-state index < -0.39 is 0 Å². The second-order valence-electron chi connectivity index (χ2n) is 8.04. The molecule has 0 saturated heterocycles. The molecule has 7 rings (SSSR count). The van der Waals surface area contributed by atoms with Gasteiger partial charge >= 0.3 is 0 Å². The van der Waals surface area contributed by atoms with Gasteiger partial charge in [0.1, 0.15) is 0 Å². The van der Waals surface area contributed by atoms with E-state index in [1.807, 2.05) is 22.7 Å². The van der Waals surface area contributed by atoms with Crippen LogP contribution in [0, 0.1) is 0 Å². The number of benzene rings is 3. The zero-order chi connectivity index (χ0) is 21.4. The third-order valence-corrected chi connectivity index (χ3v) is 10.2. The van der Waals surface area contributed by atoms with Crippen LogP contribution in [0.25, 0.3) is 74.4 Å². The lowest BCUT2D eigenvalue weighted by Gasteiger charge is -2.04. The first-order chi connectivity index (χ1) is 15.6. The predicted octanol–water partition coefficient (Wildman–Crippen LogP) is 8.70. The van der Waals surface area contributed by atoms with Crippen molar-refractivity contribution in [2.24, 2.45) is 0 Å². The Bertz CT molecular complexity index is 1690. The van der Waals surface area contributed by atoms with Crippen molar-refractivity contribution in [1.82, 2.24) is 0 Å². The summed E-state index contributed by atoms with van der Waals surface area (Å²) in [5.41, 5.74) is 2.37. The van der Waals surface area contributed by atoms with Gasteiger partial charge in [0.25, 0.3) is 0 Å². The van der Waals surface area contributed by atoms with E-state index in [2.05, 4.69) is 84.6 Å². The lowest BCUT2D eigenvalue weighted by Crippen LogP contribution is -2.25. The van der Waals surface area contributed by atoms with Crippen LogP contribution >= 0.6 is 45.3 Å². The smallest absolute Gasteiger partial charge is 0.0361 e. The summed E-state index contributed by atoms with van der Waals surface area (Å²) in [6.07, 6.45) is 0. The average Bonchev–Trinajstić information content (AvgIpc) is 3.56. The van der Waals surface area contributed by atoms with Crippen LogP contribution in [0.5, 0.6) is 0 Å². The van der Waals surface area contributed by atoms with Crippen molar-refractivity contribution in [3.8, 4) is 20.9 Å². The van der Waals surface area contributed by atoms with Crippen molar-refractivity contribution in [2.75, 3.05) is 0 Å². The van der Waals surface area contributed by atoms with Gasteiger partial charge in [0.2, 0.25) is 0 Å². The van der Waals surface area contributed by atoms with Gasteiger partial charge in [-0.15, -0.1) is 45.3 Å². The molecule has 0 unspecified atom stereocenters. The molecule has 4 heterocycles. The monoisotopic (exact) mass is 480 g/mol. The first-order valence-electron chi connectivity index (χ1n) is 10.3. The topological polar surface area (TPSA) is 0 Å². The molecule has 0 spiro atoms. The third kappa shape index (κ3) is 2.77. The Labute approximate surface area is 200 Å². The van der Waals surface area contributed by atoms with Crippen LogP contribution < -0.4 is 10.4 Å². The molecular weight excluding hydrogens is 465 g/mol. The van der Waals surface area contributed by atoms with E-state index >= 15 is 0 Å². The quantitative estimate of drug-likeness (QED) is 0.232. The van der Waals surface area contributed by atoms with Crippen LogP contribution in [0.4, 0.5) is 0 Å². The van der Waals surface area contributed by atoms with Crippen LogP contribution in [-0.2, 0) is 0 Å². The maximum Gasteiger partial charge on any atom is 0.0361 e. The highest BCUT2D eigenvalue weighted by atomic mass is 32.1. The Hall–Kier alpha value is -2.76. The van der Waals surface area contributed by atoms with E-state index in [0.29, 0.717) is 0 Å². The van der Waals surface area contributed by atoms with Gasteiger partial charge in [-0.05, 0) is 102 Å². The van der Waals surface area contributed by atoms with Crippen molar-refractivity contribution < 1.29 is 0 Å². The predicted molar refractivity (Wildman–Crippen MR) is 149 cm³/mol. The Kier molecular flexibility index (Phi) is 4.03. The minimum Gasteiger partial charge on any atom is -0.144 e. The number of rotatable bonds is 2. The summed E-state index contributed by atoms with van der Waals surface area (Å²) in [6, 6.07) is 22.7. The summed E-state index contributed by atoms with van der Waals surface area (Å²) in [6.45, 7) is 8.88. The second-order valence-corrected chi connectivity index (χ2v) is 12.1. The van der Waals surface area contributed by atoms with Crippen LogP contribution in [-0.4, -0.2) is 0 Å². The van der Waals surface area contributed by atoms with Crippen molar-refractivity contribution >= 4 is 98.8 Å². The highest BCUT2D eigenvalue weighted by molar-refractivity contribution is 7.23. The van der Waals surface area contributed by atoms with E-state index in [1.165, 1.54) is 61.2 Å². The molecule has 0 aliphatic heterocycles. The molecule has 0 aliphatic carbocycles. The molecule has 0 atom stereocenters. The van der Waals surface area contributed by atoms with Gasteiger partial charge in [-0.2, -0.15) is 0 Å². The number of hydrogen-bond acceptors (Lipinski definition) is 4. The van der Waals surface area contributed by atoms with Crippen LogP contribution in [0.1, 0.15) is 0 Å². The Morgan fingerprint density at radius 2 is 0.906 bits per heavy atom. The van der Waals surface area contributed by atoms with Crippen molar-refractivity contribution in [3.05, 3.63) is 81.9 Å². The van der Waals surface area contributed by atoms with Crippen LogP contribution in [0.15, 0.2) is 71.4 Å². The molecule has 32 heavy (non-hydrogen) atoms. The van der Waals surface area contributed by atoms with E-state index in [9.17, 15) is 0 Å². The summed E-state index contributed by atoms with van der Waals surface area (Å²) in [5.74, 6) is 0. The molecule has 3 aromatic carbocycles. The Morgan fingerprint density at radius 3 is 1.38 bits per heavy atom. The van der Waals surface area contributed by atoms with Gasteiger partial charge < -0.3 is 0 Å². The molecule has 4 heteroatoms. The number of thiophene rings is 4. The highest BCUT2D eigenvalue weighted by Gasteiger charge is 2.12. The summed E-state index contributed by atoms with van der Waals surface area (Å²) in [7, 11) is 0. The van der Waals surface area contributed by atoms with Gasteiger partial charge in [-0.3, -0.25) is 0 Å². The summed E-state index contributed by atoms with van der Waals surface area (Å²) in [5, 5.41) is 11.6. The van der Waals surface area contributed by atoms with Gasteiger partial charge in [0.15, 0.2) is 0 Å². The summed E-state index contributed by atoms with van der Waals surface area (Å²) >= 11 is 7.28. The van der Waals surface area contributed by atoms with Crippen molar-refractivity contribution in [1.29, 1.82) is 0 Å². The molecule has 0 amide bonds. The average molecular weight is 481 g/mol. The van der Waals surface area contributed by atoms with Gasteiger partial charge in [0, 0.05) is 28.6 Å². The normalized spacial score (nSPS) is 12.0. The maximum atomic E-state index is 4.44. The third-order valence-electron chi connectivity index (χ3n) is 6.14. The Balaban J connectivity index is 1.36. The maximum absolute atomic E-state index is 4.44. The fourth-order valence-corrected chi connectivity index (χ4v) is 8.34.